The van der Waals surface area contributed by atoms with E-state index in [9.17, 15) is 13.2 Å². The molecular weight excluding hydrogens is 384 g/mol. The smallest absolute Gasteiger partial charge is 0.308 e. The van der Waals surface area contributed by atoms with Crippen LogP contribution in [-0.4, -0.2) is 20.1 Å². The summed E-state index contributed by atoms with van der Waals surface area (Å²) >= 11 is 1.06. The molecule has 1 aromatic heterocycles. The summed E-state index contributed by atoms with van der Waals surface area (Å²) in [5.74, 6) is 0.712. The number of nitrogens with zero attached hydrogens (tertiary/aromatic N) is 1. The standard InChI is InChI=1S/C19H22N2O4S2/c1-12(2)21-17-10-9-16(11-18(17)26-19(21)22)27(23,24)20-13(3)14-5-7-15(25-4)8-6-14/h5-13,20H,1-4H3/t13-/m0/s1. The highest BCUT2D eigenvalue weighted by atomic mass is 32.2. The fourth-order valence-corrected chi connectivity index (χ4v) is 5.32. The Hall–Kier alpha value is -2.16. The molecular formula is C19H22N2O4S2. The lowest BCUT2D eigenvalue weighted by molar-refractivity contribution is 0.414. The quantitative estimate of drug-likeness (QED) is 0.677. The second-order valence-corrected chi connectivity index (χ2v) is 9.28. The summed E-state index contributed by atoms with van der Waals surface area (Å²) in [5, 5.41) is 0. The van der Waals surface area contributed by atoms with Crippen LogP contribution in [0.15, 0.2) is 52.2 Å². The van der Waals surface area contributed by atoms with E-state index >= 15 is 0 Å². The molecule has 0 aliphatic heterocycles. The van der Waals surface area contributed by atoms with Gasteiger partial charge in [-0.25, -0.2) is 13.1 Å². The van der Waals surface area contributed by atoms with Crippen molar-refractivity contribution in [3.05, 3.63) is 57.7 Å². The van der Waals surface area contributed by atoms with Gasteiger partial charge in [0, 0.05) is 12.1 Å². The molecule has 0 aliphatic carbocycles. The van der Waals surface area contributed by atoms with E-state index in [-0.39, 0.29) is 15.8 Å². The Morgan fingerprint density at radius 1 is 1.07 bits per heavy atom. The Kier molecular flexibility index (Phi) is 5.41. The zero-order chi connectivity index (χ0) is 19.8. The Bertz CT molecular complexity index is 1110. The lowest BCUT2D eigenvalue weighted by Gasteiger charge is -2.15. The molecule has 0 bridgehead atoms. The SMILES string of the molecule is COc1ccc([C@H](C)NS(=O)(=O)c2ccc3c(c2)sc(=O)n3C(C)C)cc1. The number of hydrogen-bond acceptors (Lipinski definition) is 5. The largest absolute Gasteiger partial charge is 0.497 e. The Morgan fingerprint density at radius 3 is 2.33 bits per heavy atom. The number of methoxy groups -OCH3 is 1. The van der Waals surface area contributed by atoms with Gasteiger partial charge in [-0.3, -0.25) is 9.36 Å². The number of rotatable bonds is 6. The van der Waals surface area contributed by atoms with Gasteiger partial charge in [0.15, 0.2) is 0 Å². The maximum Gasteiger partial charge on any atom is 0.308 e. The molecule has 0 amide bonds. The van der Waals surface area contributed by atoms with E-state index in [0.29, 0.717) is 10.4 Å². The predicted octanol–water partition coefficient (Wildman–Crippen LogP) is 3.69. The van der Waals surface area contributed by atoms with Gasteiger partial charge in [-0.15, -0.1) is 0 Å². The van der Waals surface area contributed by atoms with Gasteiger partial charge in [0.1, 0.15) is 5.75 Å². The Labute approximate surface area is 162 Å². The van der Waals surface area contributed by atoms with Crippen LogP contribution in [0, 0.1) is 0 Å². The molecule has 3 rings (SSSR count). The summed E-state index contributed by atoms with van der Waals surface area (Å²) in [6.07, 6.45) is 0. The van der Waals surface area contributed by atoms with E-state index in [4.69, 9.17) is 4.74 Å². The van der Waals surface area contributed by atoms with Crippen LogP contribution in [-0.2, 0) is 10.0 Å². The van der Waals surface area contributed by atoms with Crippen LogP contribution in [0.3, 0.4) is 0 Å². The number of fused-ring (bicyclic) bond motifs is 1. The van der Waals surface area contributed by atoms with Gasteiger partial charge in [-0.2, -0.15) is 0 Å². The topological polar surface area (TPSA) is 77.4 Å². The summed E-state index contributed by atoms with van der Waals surface area (Å²) in [7, 11) is -2.14. The highest BCUT2D eigenvalue weighted by Gasteiger charge is 2.20. The molecule has 27 heavy (non-hydrogen) atoms. The van der Waals surface area contributed by atoms with Gasteiger partial charge in [-0.1, -0.05) is 23.5 Å². The summed E-state index contributed by atoms with van der Waals surface area (Å²) in [6.45, 7) is 5.64. The molecule has 3 aromatic rings. The minimum atomic E-state index is -3.72. The Morgan fingerprint density at radius 2 is 1.74 bits per heavy atom. The third kappa shape index (κ3) is 3.92. The highest BCUT2D eigenvalue weighted by molar-refractivity contribution is 7.89. The van der Waals surface area contributed by atoms with Crippen molar-refractivity contribution < 1.29 is 13.2 Å². The molecule has 0 aliphatic rings. The van der Waals surface area contributed by atoms with Gasteiger partial charge in [-0.05, 0) is 56.7 Å². The van der Waals surface area contributed by atoms with Crippen LogP contribution < -0.4 is 14.3 Å². The highest BCUT2D eigenvalue weighted by Crippen LogP contribution is 2.25. The third-order valence-electron chi connectivity index (χ3n) is 4.36. The van der Waals surface area contributed by atoms with Crippen molar-refractivity contribution in [1.82, 2.24) is 9.29 Å². The van der Waals surface area contributed by atoms with E-state index < -0.39 is 16.1 Å². The van der Waals surface area contributed by atoms with Crippen LogP contribution in [0.5, 0.6) is 5.75 Å². The van der Waals surface area contributed by atoms with Crippen molar-refractivity contribution in [1.29, 1.82) is 0 Å². The minimum Gasteiger partial charge on any atom is -0.497 e. The number of benzene rings is 2. The van der Waals surface area contributed by atoms with Crippen molar-refractivity contribution in [3.8, 4) is 5.75 Å². The van der Waals surface area contributed by atoms with Crippen LogP contribution >= 0.6 is 11.3 Å². The molecule has 1 heterocycles. The molecule has 0 radical (unpaired) electrons. The maximum atomic E-state index is 12.8. The molecule has 0 spiro atoms. The maximum absolute atomic E-state index is 12.8. The normalized spacial score (nSPS) is 13.2. The zero-order valence-corrected chi connectivity index (χ0v) is 17.2. The Balaban J connectivity index is 1.90. The number of hydrogen-bond donors (Lipinski definition) is 1. The van der Waals surface area contributed by atoms with Crippen LogP contribution in [0.1, 0.15) is 38.4 Å². The van der Waals surface area contributed by atoms with Crippen molar-refractivity contribution >= 4 is 31.6 Å². The molecule has 144 valence electrons. The molecule has 1 N–H and O–H groups in total. The van der Waals surface area contributed by atoms with Crippen LogP contribution in [0.4, 0.5) is 0 Å². The molecule has 2 aromatic carbocycles. The van der Waals surface area contributed by atoms with Crippen molar-refractivity contribution in [2.24, 2.45) is 0 Å². The number of nitrogens with one attached hydrogen (secondary N) is 1. The number of aromatic nitrogens is 1. The second kappa shape index (κ2) is 7.46. The van der Waals surface area contributed by atoms with Gasteiger partial charge in [0.2, 0.25) is 10.0 Å². The number of ether oxygens (including phenoxy) is 1. The third-order valence-corrected chi connectivity index (χ3v) is 6.82. The summed E-state index contributed by atoms with van der Waals surface area (Å²) in [6, 6.07) is 11.6. The predicted molar refractivity (Wildman–Crippen MR) is 108 cm³/mol. The summed E-state index contributed by atoms with van der Waals surface area (Å²) < 4.78 is 35.7. The first-order valence-corrected chi connectivity index (χ1v) is 10.8. The summed E-state index contributed by atoms with van der Waals surface area (Å²) in [4.78, 5) is 12.2. The number of thiazole rings is 1. The van der Waals surface area contributed by atoms with Gasteiger partial charge in [0.25, 0.3) is 0 Å². The lowest BCUT2D eigenvalue weighted by atomic mass is 10.1. The van der Waals surface area contributed by atoms with E-state index in [1.54, 1.807) is 42.9 Å². The molecule has 0 fully saturated rings. The van der Waals surface area contributed by atoms with E-state index in [0.717, 1.165) is 22.4 Å². The minimum absolute atomic E-state index is 0.0157. The zero-order valence-electron chi connectivity index (χ0n) is 15.6. The first kappa shape index (κ1) is 19.6. The fourth-order valence-electron chi connectivity index (χ4n) is 2.93. The average molecular weight is 407 g/mol. The average Bonchev–Trinajstić information content (AvgIpc) is 2.96. The molecule has 0 saturated heterocycles. The molecule has 8 heteroatoms. The monoisotopic (exact) mass is 406 g/mol. The van der Waals surface area contributed by atoms with Crippen LogP contribution in [0.25, 0.3) is 10.2 Å². The van der Waals surface area contributed by atoms with E-state index in [1.165, 1.54) is 6.07 Å². The molecule has 0 unspecified atom stereocenters. The number of sulfonamides is 1. The lowest BCUT2D eigenvalue weighted by Crippen LogP contribution is -2.26. The van der Waals surface area contributed by atoms with Crippen molar-refractivity contribution in [2.75, 3.05) is 7.11 Å². The fraction of sp³-hybridized carbons (Fsp3) is 0.316. The molecule has 1 atom stereocenters. The first-order chi connectivity index (χ1) is 12.7. The van der Waals surface area contributed by atoms with E-state index in [1.807, 2.05) is 26.0 Å². The molecule has 6 nitrogen and oxygen atoms in total. The van der Waals surface area contributed by atoms with Gasteiger partial charge < -0.3 is 4.74 Å². The molecule has 0 saturated carbocycles. The van der Waals surface area contributed by atoms with Crippen molar-refractivity contribution in [2.45, 2.75) is 37.8 Å². The first-order valence-electron chi connectivity index (χ1n) is 8.54. The second-order valence-electron chi connectivity index (χ2n) is 6.58. The van der Waals surface area contributed by atoms with Crippen LogP contribution in [0.2, 0.25) is 0 Å². The van der Waals surface area contributed by atoms with Gasteiger partial charge in [0.05, 0.1) is 22.2 Å². The van der Waals surface area contributed by atoms with Crippen molar-refractivity contribution in [3.63, 3.8) is 0 Å². The van der Waals surface area contributed by atoms with E-state index in [2.05, 4.69) is 4.72 Å². The van der Waals surface area contributed by atoms with Gasteiger partial charge >= 0.3 is 4.87 Å². The summed E-state index contributed by atoms with van der Waals surface area (Å²) in [5.41, 5.74) is 1.58.